The molecule has 1 amide bonds. The Bertz CT molecular complexity index is 797. The first kappa shape index (κ1) is 19.2. The van der Waals surface area contributed by atoms with Crippen LogP contribution < -0.4 is 4.90 Å². The number of hydrogen-bond donors (Lipinski definition) is 0. The number of thioether (sulfide) groups is 1. The van der Waals surface area contributed by atoms with Gasteiger partial charge in [-0.3, -0.25) is 9.69 Å². The maximum Gasteiger partial charge on any atom is 0.266 e. The maximum atomic E-state index is 12.5. The number of rotatable bonds is 4. The van der Waals surface area contributed by atoms with Crippen molar-refractivity contribution >= 4 is 46.0 Å². The zero-order valence-corrected chi connectivity index (χ0v) is 17.5. The number of anilines is 1. The average Bonchev–Trinajstić information content (AvgIpc) is 2.83. The summed E-state index contributed by atoms with van der Waals surface area (Å²) in [4.78, 5) is 17.3. The van der Waals surface area contributed by atoms with Gasteiger partial charge < -0.3 is 4.90 Å². The van der Waals surface area contributed by atoms with Crippen molar-refractivity contribution in [2.75, 3.05) is 18.0 Å². The van der Waals surface area contributed by atoms with Crippen LogP contribution in [0.3, 0.4) is 0 Å². The zero-order chi connectivity index (χ0) is 19.1. The van der Waals surface area contributed by atoms with Crippen molar-refractivity contribution in [1.29, 1.82) is 0 Å². The van der Waals surface area contributed by atoms with E-state index < -0.39 is 0 Å². The minimum absolute atomic E-state index is 0.0259. The van der Waals surface area contributed by atoms with E-state index in [2.05, 4.69) is 57.4 Å². The van der Waals surface area contributed by atoms with Crippen LogP contribution in [0.1, 0.15) is 51.2 Å². The first-order valence-electron chi connectivity index (χ1n) is 9.06. The lowest BCUT2D eigenvalue weighted by Gasteiger charge is -2.47. The maximum absolute atomic E-state index is 12.5. The largest absolute Gasteiger partial charge is 0.366 e. The summed E-state index contributed by atoms with van der Waals surface area (Å²) in [5.74, 6) is 0.466. The number of amides is 1. The molecule has 1 fully saturated rings. The standard InChI is InChI=1S/C21H26N2OS2/c1-6-10-22-19(24)18(26-20(22)25)12-15-8-9-17-16(11-15)14(3)13-21(4,5)23(17)7-2/h6,8-9,11-12,14H,1,7,10,13H2,2-5H3/b18-12-/t14-/m1/s1. The first-order valence-corrected chi connectivity index (χ1v) is 10.3. The van der Waals surface area contributed by atoms with Crippen LogP contribution in [-0.2, 0) is 4.79 Å². The monoisotopic (exact) mass is 386 g/mol. The smallest absolute Gasteiger partial charge is 0.266 e. The van der Waals surface area contributed by atoms with E-state index in [1.54, 1.807) is 11.0 Å². The van der Waals surface area contributed by atoms with Gasteiger partial charge in [0.1, 0.15) is 4.32 Å². The number of carbonyl (C=O) groups excluding carboxylic acids is 1. The topological polar surface area (TPSA) is 23.6 Å². The minimum atomic E-state index is -0.0259. The molecule has 1 aromatic rings. The van der Waals surface area contributed by atoms with E-state index in [4.69, 9.17) is 12.2 Å². The van der Waals surface area contributed by atoms with Gasteiger partial charge in [0.15, 0.2) is 0 Å². The van der Waals surface area contributed by atoms with E-state index in [1.807, 2.05) is 6.08 Å². The molecule has 1 aromatic carbocycles. The summed E-state index contributed by atoms with van der Waals surface area (Å²) >= 11 is 6.69. The van der Waals surface area contributed by atoms with E-state index in [0.717, 1.165) is 18.5 Å². The van der Waals surface area contributed by atoms with Gasteiger partial charge >= 0.3 is 0 Å². The molecule has 1 saturated heterocycles. The van der Waals surface area contributed by atoms with Crippen molar-refractivity contribution < 1.29 is 4.79 Å². The lowest BCUT2D eigenvalue weighted by atomic mass is 9.79. The summed E-state index contributed by atoms with van der Waals surface area (Å²) < 4.78 is 0.603. The van der Waals surface area contributed by atoms with Gasteiger partial charge in [-0.25, -0.2) is 0 Å². The van der Waals surface area contributed by atoms with Crippen LogP contribution in [0.5, 0.6) is 0 Å². The second kappa shape index (κ2) is 7.20. The molecule has 0 aliphatic carbocycles. The fraction of sp³-hybridized carbons (Fsp3) is 0.429. The molecule has 0 aromatic heterocycles. The molecule has 3 nitrogen and oxygen atoms in total. The summed E-state index contributed by atoms with van der Waals surface area (Å²) in [5.41, 5.74) is 3.90. The third-order valence-corrected chi connectivity index (χ3v) is 6.59. The van der Waals surface area contributed by atoms with Gasteiger partial charge in [-0.05, 0) is 62.4 Å². The van der Waals surface area contributed by atoms with Gasteiger partial charge in [-0.2, -0.15) is 0 Å². The highest BCUT2D eigenvalue weighted by molar-refractivity contribution is 8.26. The molecule has 1 atom stereocenters. The van der Waals surface area contributed by atoms with Crippen LogP contribution in [0.25, 0.3) is 6.08 Å². The van der Waals surface area contributed by atoms with E-state index in [9.17, 15) is 4.79 Å². The number of nitrogens with zero attached hydrogens (tertiary/aromatic N) is 2. The molecule has 0 unspecified atom stereocenters. The summed E-state index contributed by atoms with van der Waals surface area (Å²) in [6.07, 6.45) is 4.79. The second-order valence-corrected chi connectivity index (χ2v) is 9.24. The Kier molecular flexibility index (Phi) is 5.31. The molecule has 0 N–H and O–H groups in total. The van der Waals surface area contributed by atoms with E-state index in [-0.39, 0.29) is 11.4 Å². The van der Waals surface area contributed by atoms with E-state index >= 15 is 0 Å². The first-order chi connectivity index (χ1) is 12.3. The third kappa shape index (κ3) is 3.35. The number of benzene rings is 1. The van der Waals surface area contributed by atoms with Gasteiger partial charge in [0.2, 0.25) is 0 Å². The molecule has 2 aliphatic rings. The molecular weight excluding hydrogens is 360 g/mol. The van der Waals surface area contributed by atoms with Crippen LogP contribution in [0.15, 0.2) is 35.8 Å². The predicted molar refractivity (Wildman–Crippen MR) is 117 cm³/mol. The van der Waals surface area contributed by atoms with Crippen molar-refractivity contribution in [3.8, 4) is 0 Å². The SMILES string of the molecule is C=CCN1C(=O)/C(=C/c2ccc3c(c2)[C@H](C)CC(C)(C)N3CC)SC1=S. The molecule has 0 bridgehead atoms. The van der Waals surface area contributed by atoms with Gasteiger partial charge in [0.05, 0.1) is 4.91 Å². The highest BCUT2D eigenvalue weighted by atomic mass is 32.2. The number of thiocarbonyl (C=S) groups is 1. The van der Waals surface area contributed by atoms with Gasteiger partial charge in [-0.1, -0.05) is 43.0 Å². The summed E-state index contributed by atoms with van der Waals surface area (Å²) in [5, 5.41) is 0. The van der Waals surface area contributed by atoms with Crippen LogP contribution in [0, 0.1) is 0 Å². The molecule has 26 heavy (non-hydrogen) atoms. The van der Waals surface area contributed by atoms with Gasteiger partial charge in [0, 0.05) is 24.3 Å². The molecule has 0 radical (unpaired) electrons. The molecule has 2 heterocycles. The predicted octanol–water partition coefficient (Wildman–Crippen LogP) is 5.19. The summed E-state index contributed by atoms with van der Waals surface area (Å²) in [7, 11) is 0. The Morgan fingerprint density at radius 2 is 2.15 bits per heavy atom. The lowest BCUT2D eigenvalue weighted by molar-refractivity contribution is -0.121. The molecule has 138 valence electrons. The van der Waals surface area contributed by atoms with Crippen LogP contribution in [0.4, 0.5) is 5.69 Å². The summed E-state index contributed by atoms with van der Waals surface area (Å²) in [6.45, 7) is 14.3. The normalized spacial score (nSPS) is 23.5. The van der Waals surface area contributed by atoms with E-state index in [1.165, 1.54) is 23.0 Å². The zero-order valence-electron chi connectivity index (χ0n) is 15.9. The fourth-order valence-electron chi connectivity index (χ4n) is 4.14. The Hall–Kier alpha value is -1.59. The van der Waals surface area contributed by atoms with Crippen molar-refractivity contribution in [2.45, 2.75) is 45.6 Å². The fourth-order valence-corrected chi connectivity index (χ4v) is 5.41. The Labute approximate surface area is 166 Å². The summed E-state index contributed by atoms with van der Waals surface area (Å²) in [6, 6.07) is 6.54. The van der Waals surface area contributed by atoms with Crippen molar-refractivity contribution in [3.05, 3.63) is 46.9 Å². The number of carbonyl (C=O) groups is 1. The Morgan fingerprint density at radius 1 is 1.42 bits per heavy atom. The van der Waals surface area contributed by atoms with E-state index in [0.29, 0.717) is 21.7 Å². The quantitative estimate of drug-likeness (QED) is 0.404. The Morgan fingerprint density at radius 3 is 2.81 bits per heavy atom. The van der Waals surface area contributed by atoms with Gasteiger partial charge in [0.25, 0.3) is 5.91 Å². The lowest BCUT2D eigenvalue weighted by Crippen LogP contribution is -2.48. The molecule has 3 rings (SSSR count). The average molecular weight is 387 g/mol. The second-order valence-electron chi connectivity index (χ2n) is 7.56. The number of fused-ring (bicyclic) bond motifs is 1. The van der Waals surface area contributed by atoms with Crippen LogP contribution in [0.2, 0.25) is 0 Å². The van der Waals surface area contributed by atoms with Crippen LogP contribution >= 0.6 is 24.0 Å². The van der Waals surface area contributed by atoms with Crippen molar-refractivity contribution in [2.24, 2.45) is 0 Å². The number of hydrogen-bond acceptors (Lipinski definition) is 4. The molecule has 0 spiro atoms. The molecule has 2 aliphatic heterocycles. The highest BCUT2D eigenvalue weighted by Gasteiger charge is 2.35. The third-order valence-electron chi connectivity index (χ3n) is 5.21. The van der Waals surface area contributed by atoms with Crippen molar-refractivity contribution in [3.63, 3.8) is 0 Å². The molecular formula is C21H26N2OS2. The minimum Gasteiger partial charge on any atom is -0.366 e. The van der Waals surface area contributed by atoms with Crippen molar-refractivity contribution in [1.82, 2.24) is 4.90 Å². The van der Waals surface area contributed by atoms with Gasteiger partial charge in [-0.15, -0.1) is 6.58 Å². The highest BCUT2D eigenvalue weighted by Crippen LogP contribution is 2.44. The molecule has 0 saturated carbocycles. The Balaban J connectivity index is 1.95. The van der Waals surface area contributed by atoms with Crippen LogP contribution in [-0.4, -0.2) is 33.8 Å². The molecule has 5 heteroatoms.